The Kier molecular flexibility index (Phi) is 7.90. The van der Waals surface area contributed by atoms with Gasteiger partial charge in [-0.1, -0.05) is 27.7 Å². The highest BCUT2D eigenvalue weighted by Gasteiger charge is 2.36. The Morgan fingerprint density at radius 2 is 2.04 bits per heavy atom. The Morgan fingerprint density at radius 3 is 2.62 bits per heavy atom. The van der Waals surface area contributed by atoms with Crippen LogP contribution >= 0.6 is 12.4 Å². The zero-order valence-corrected chi connectivity index (χ0v) is 15.7. The van der Waals surface area contributed by atoms with Gasteiger partial charge in [0, 0.05) is 43.2 Å². The topological polar surface area (TPSA) is 78.4 Å². The summed E-state index contributed by atoms with van der Waals surface area (Å²) in [6.45, 7) is 9.86. The second-order valence-electron chi connectivity index (χ2n) is 6.91. The van der Waals surface area contributed by atoms with E-state index in [1.165, 1.54) is 0 Å². The Labute approximate surface area is 150 Å². The fourth-order valence-electron chi connectivity index (χ4n) is 3.07. The second kappa shape index (κ2) is 9.18. The van der Waals surface area contributed by atoms with Gasteiger partial charge in [0.1, 0.15) is 12.1 Å². The van der Waals surface area contributed by atoms with Gasteiger partial charge < -0.3 is 15.3 Å². The van der Waals surface area contributed by atoms with E-state index in [4.69, 9.17) is 5.11 Å². The molecular weight excluding hydrogens is 328 g/mol. The van der Waals surface area contributed by atoms with Crippen molar-refractivity contribution in [1.82, 2.24) is 14.9 Å². The van der Waals surface area contributed by atoms with Crippen molar-refractivity contribution in [2.24, 2.45) is 11.8 Å². The first-order valence-corrected chi connectivity index (χ1v) is 8.39. The molecule has 2 heterocycles. The van der Waals surface area contributed by atoms with Gasteiger partial charge in [-0.05, 0) is 11.8 Å². The van der Waals surface area contributed by atoms with Crippen LogP contribution in [0.1, 0.15) is 45.7 Å². The second-order valence-corrected chi connectivity index (χ2v) is 6.91. The number of likely N-dealkylation sites (tertiary alicyclic amines) is 1. The number of aromatic nitrogens is 2. The van der Waals surface area contributed by atoms with Crippen LogP contribution in [0.5, 0.6) is 0 Å². The minimum atomic E-state index is -0.0938. The molecule has 1 amide bonds. The summed E-state index contributed by atoms with van der Waals surface area (Å²) >= 11 is 0. The lowest BCUT2D eigenvalue weighted by Crippen LogP contribution is -2.33. The van der Waals surface area contributed by atoms with E-state index in [0.29, 0.717) is 24.3 Å². The average Bonchev–Trinajstić information content (AvgIpc) is 2.92. The summed E-state index contributed by atoms with van der Waals surface area (Å²) in [6, 6.07) is 2.16. The van der Waals surface area contributed by atoms with Crippen molar-refractivity contribution in [3.8, 4) is 0 Å². The number of aliphatic hydroxyl groups is 1. The van der Waals surface area contributed by atoms with Crippen LogP contribution in [0, 0.1) is 11.8 Å². The molecule has 24 heavy (non-hydrogen) atoms. The molecule has 2 rings (SSSR count). The van der Waals surface area contributed by atoms with Crippen LogP contribution in [0.3, 0.4) is 0 Å². The number of amides is 1. The molecule has 7 heteroatoms. The van der Waals surface area contributed by atoms with E-state index in [1.54, 1.807) is 6.33 Å². The van der Waals surface area contributed by atoms with E-state index >= 15 is 0 Å². The van der Waals surface area contributed by atoms with Gasteiger partial charge in [0.05, 0.1) is 6.61 Å². The number of carbonyl (C=O) groups is 1. The van der Waals surface area contributed by atoms with Crippen molar-refractivity contribution in [3.05, 3.63) is 18.1 Å². The predicted octanol–water partition coefficient (Wildman–Crippen LogP) is 2.30. The smallest absolute Gasteiger partial charge is 0.224 e. The molecule has 1 aliphatic heterocycles. The molecule has 0 aliphatic carbocycles. The first-order valence-electron chi connectivity index (χ1n) is 8.39. The number of anilines is 1. The highest BCUT2D eigenvalue weighted by atomic mass is 35.5. The third-order valence-electron chi connectivity index (χ3n) is 4.51. The normalized spacial score (nSPS) is 20.4. The molecule has 1 aliphatic rings. The zero-order chi connectivity index (χ0) is 17.0. The molecule has 0 spiro atoms. The largest absolute Gasteiger partial charge is 0.396 e. The molecular formula is C17H29ClN4O2. The Hall–Kier alpha value is -1.40. The van der Waals surface area contributed by atoms with Crippen molar-refractivity contribution in [2.45, 2.75) is 46.1 Å². The molecule has 0 aromatic carbocycles. The molecule has 1 aromatic heterocycles. The van der Waals surface area contributed by atoms with Crippen LogP contribution in [0.2, 0.25) is 0 Å². The van der Waals surface area contributed by atoms with E-state index in [1.807, 2.05) is 11.0 Å². The van der Waals surface area contributed by atoms with Gasteiger partial charge in [-0.2, -0.15) is 0 Å². The number of rotatable bonds is 6. The van der Waals surface area contributed by atoms with Crippen LogP contribution in [-0.4, -0.2) is 51.6 Å². The number of nitrogens with one attached hydrogen (secondary N) is 1. The van der Waals surface area contributed by atoms with Crippen LogP contribution in [-0.2, 0) is 4.79 Å². The van der Waals surface area contributed by atoms with Gasteiger partial charge in [0.2, 0.25) is 5.91 Å². The first-order chi connectivity index (χ1) is 10.9. The van der Waals surface area contributed by atoms with E-state index in [2.05, 4.69) is 43.0 Å². The zero-order valence-electron chi connectivity index (χ0n) is 14.9. The summed E-state index contributed by atoms with van der Waals surface area (Å²) < 4.78 is 0. The van der Waals surface area contributed by atoms with E-state index in [9.17, 15) is 4.79 Å². The summed E-state index contributed by atoms with van der Waals surface area (Å²) in [4.78, 5) is 22.5. The van der Waals surface area contributed by atoms with Gasteiger partial charge in [0.15, 0.2) is 0 Å². The summed E-state index contributed by atoms with van der Waals surface area (Å²) in [6.07, 6.45) is 1.79. The molecule has 1 aromatic rings. The molecule has 6 nitrogen and oxygen atoms in total. The summed E-state index contributed by atoms with van der Waals surface area (Å²) in [5.74, 6) is 2.02. The summed E-state index contributed by atoms with van der Waals surface area (Å²) in [7, 11) is 0. The Bertz CT molecular complexity index is 539. The SMILES string of the molecule is CC(C)c1cc(N[C@H]2CN(C(=O)CCO)C[C@@H]2C(C)C)ncn1.Cl. The lowest BCUT2D eigenvalue weighted by atomic mass is 9.91. The monoisotopic (exact) mass is 356 g/mol. The fraction of sp³-hybridized carbons (Fsp3) is 0.706. The van der Waals surface area contributed by atoms with Crippen molar-refractivity contribution in [3.63, 3.8) is 0 Å². The molecule has 1 fully saturated rings. The highest BCUT2D eigenvalue weighted by Crippen LogP contribution is 2.27. The number of halogens is 1. The maximum absolute atomic E-state index is 12.1. The summed E-state index contributed by atoms with van der Waals surface area (Å²) in [5, 5.41) is 12.5. The van der Waals surface area contributed by atoms with Gasteiger partial charge in [-0.3, -0.25) is 4.79 Å². The van der Waals surface area contributed by atoms with Gasteiger partial charge in [-0.15, -0.1) is 12.4 Å². The average molecular weight is 357 g/mol. The van der Waals surface area contributed by atoms with Crippen LogP contribution < -0.4 is 5.32 Å². The number of aliphatic hydroxyl groups excluding tert-OH is 1. The summed E-state index contributed by atoms with van der Waals surface area (Å²) in [5.41, 5.74) is 1.01. The molecule has 2 atom stereocenters. The lowest BCUT2D eigenvalue weighted by molar-refractivity contribution is -0.131. The Balaban J connectivity index is 0.00000288. The minimum Gasteiger partial charge on any atom is -0.396 e. The third-order valence-corrected chi connectivity index (χ3v) is 4.51. The molecule has 0 unspecified atom stereocenters. The maximum atomic E-state index is 12.1. The standard InChI is InChI=1S/C17H28N4O2.ClH/c1-11(2)13-8-21(17(23)5-6-22)9-15(13)20-16-7-14(12(3)4)18-10-19-16;/h7,10-13,15,22H,5-6,8-9H2,1-4H3,(H,18,19,20);1H/t13-,15+;/m1./s1. The number of hydrogen-bond acceptors (Lipinski definition) is 5. The van der Waals surface area contributed by atoms with Crippen LogP contribution in [0.4, 0.5) is 5.82 Å². The molecule has 0 saturated carbocycles. The van der Waals surface area contributed by atoms with Gasteiger partial charge >= 0.3 is 0 Å². The van der Waals surface area contributed by atoms with Crippen LogP contribution in [0.25, 0.3) is 0 Å². The van der Waals surface area contributed by atoms with Crippen LogP contribution in [0.15, 0.2) is 12.4 Å². The number of nitrogens with zero attached hydrogens (tertiary/aromatic N) is 3. The Morgan fingerprint density at radius 1 is 1.33 bits per heavy atom. The molecule has 0 bridgehead atoms. The number of carbonyl (C=O) groups excluding carboxylic acids is 1. The number of hydrogen-bond donors (Lipinski definition) is 2. The maximum Gasteiger partial charge on any atom is 0.224 e. The lowest BCUT2D eigenvalue weighted by Gasteiger charge is -2.23. The van der Waals surface area contributed by atoms with E-state index in [0.717, 1.165) is 18.1 Å². The minimum absolute atomic E-state index is 0. The molecule has 1 saturated heterocycles. The third kappa shape index (κ3) is 5.05. The molecule has 0 radical (unpaired) electrons. The molecule has 2 N–H and O–H groups in total. The highest BCUT2D eigenvalue weighted by molar-refractivity contribution is 5.85. The van der Waals surface area contributed by atoms with Crippen molar-refractivity contribution in [2.75, 3.05) is 25.0 Å². The van der Waals surface area contributed by atoms with Gasteiger partial charge in [-0.25, -0.2) is 9.97 Å². The quantitative estimate of drug-likeness (QED) is 0.817. The van der Waals surface area contributed by atoms with Gasteiger partial charge in [0.25, 0.3) is 0 Å². The van der Waals surface area contributed by atoms with Crippen molar-refractivity contribution >= 4 is 24.1 Å². The first kappa shape index (κ1) is 20.6. The fourth-order valence-corrected chi connectivity index (χ4v) is 3.07. The predicted molar refractivity (Wildman–Crippen MR) is 97.4 cm³/mol. The van der Waals surface area contributed by atoms with E-state index in [-0.39, 0.29) is 37.4 Å². The van der Waals surface area contributed by atoms with Crippen molar-refractivity contribution in [1.29, 1.82) is 0 Å². The van der Waals surface area contributed by atoms with Crippen molar-refractivity contribution < 1.29 is 9.90 Å². The van der Waals surface area contributed by atoms with E-state index < -0.39 is 0 Å². The molecule has 136 valence electrons.